The summed E-state index contributed by atoms with van der Waals surface area (Å²) in [6.07, 6.45) is -2.86. The molecule has 25 heavy (non-hydrogen) atoms. The van der Waals surface area contributed by atoms with E-state index < -0.39 is 18.6 Å². The van der Waals surface area contributed by atoms with Crippen LogP contribution in [0.25, 0.3) is 10.9 Å². The fourth-order valence-corrected chi connectivity index (χ4v) is 2.10. The van der Waals surface area contributed by atoms with Crippen LogP contribution in [0.15, 0.2) is 47.1 Å². The van der Waals surface area contributed by atoms with Gasteiger partial charge in [0, 0.05) is 17.6 Å². The third-order valence-electron chi connectivity index (χ3n) is 3.21. The Labute approximate surface area is 139 Å². The highest BCUT2D eigenvalue weighted by atomic mass is 19.4. The molecule has 0 radical (unpaired) electrons. The molecule has 0 unspecified atom stereocenters. The first-order valence-corrected chi connectivity index (χ1v) is 7.19. The second-order valence-electron chi connectivity index (χ2n) is 5.10. The summed E-state index contributed by atoms with van der Waals surface area (Å²) < 4.78 is 46.8. The number of benzene rings is 1. The number of alkyl halides is 3. The van der Waals surface area contributed by atoms with Gasteiger partial charge in [-0.1, -0.05) is 23.4 Å². The summed E-state index contributed by atoms with van der Waals surface area (Å²) >= 11 is 0. The highest BCUT2D eigenvalue weighted by Gasteiger charge is 2.28. The Kier molecular flexibility index (Phi) is 4.55. The highest BCUT2D eigenvalue weighted by Crippen LogP contribution is 2.24. The lowest BCUT2D eigenvalue weighted by molar-refractivity contribution is -0.123. The van der Waals surface area contributed by atoms with Gasteiger partial charge in [-0.15, -0.1) is 0 Å². The van der Waals surface area contributed by atoms with Gasteiger partial charge in [0.15, 0.2) is 11.5 Å². The van der Waals surface area contributed by atoms with Crippen LogP contribution in [0.2, 0.25) is 0 Å². The smallest absolute Gasteiger partial charge is 0.405 e. The van der Waals surface area contributed by atoms with Crippen molar-refractivity contribution >= 4 is 16.8 Å². The normalized spacial score (nSPS) is 11.5. The molecule has 0 aliphatic rings. The van der Waals surface area contributed by atoms with Gasteiger partial charge < -0.3 is 14.6 Å². The fraction of sp³-hybridized carbons (Fsp3) is 0.188. The number of fused-ring (bicyclic) bond motifs is 1. The van der Waals surface area contributed by atoms with Gasteiger partial charge in [0.2, 0.25) is 0 Å². The average molecular weight is 351 g/mol. The molecule has 6 nitrogen and oxygen atoms in total. The Balaban J connectivity index is 1.64. The molecule has 0 saturated carbocycles. The topological polar surface area (TPSA) is 77.2 Å². The van der Waals surface area contributed by atoms with Crippen molar-refractivity contribution in [2.75, 3.05) is 6.54 Å². The van der Waals surface area contributed by atoms with Gasteiger partial charge in [0.25, 0.3) is 5.91 Å². The zero-order valence-electron chi connectivity index (χ0n) is 12.7. The number of para-hydroxylation sites is 1. The van der Waals surface area contributed by atoms with E-state index in [0.717, 1.165) is 5.39 Å². The van der Waals surface area contributed by atoms with Crippen molar-refractivity contribution in [1.29, 1.82) is 0 Å². The highest BCUT2D eigenvalue weighted by molar-refractivity contribution is 5.92. The lowest BCUT2D eigenvalue weighted by Crippen LogP contribution is -2.33. The van der Waals surface area contributed by atoms with Gasteiger partial charge >= 0.3 is 6.18 Å². The third kappa shape index (κ3) is 4.25. The van der Waals surface area contributed by atoms with Crippen LogP contribution in [0.1, 0.15) is 16.2 Å². The van der Waals surface area contributed by atoms with E-state index >= 15 is 0 Å². The van der Waals surface area contributed by atoms with Crippen molar-refractivity contribution < 1.29 is 27.2 Å². The van der Waals surface area contributed by atoms with Gasteiger partial charge in [-0.05, 0) is 12.1 Å². The second-order valence-corrected chi connectivity index (χ2v) is 5.10. The maximum atomic E-state index is 12.1. The molecule has 0 spiro atoms. The average Bonchev–Trinajstić information content (AvgIpc) is 3.06. The first-order valence-electron chi connectivity index (χ1n) is 7.19. The monoisotopic (exact) mass is 351 g/mol. The molecule has 2 aromatic heterocycles. The summed E-state index contributed by atoms with van der Waals surface area (Å²) in [6, 6.07) is 10.3. The number of rotatable bonds is 5. The van der Waals surface area contributed by atoms with Crippen molar-refractivity contribution in [2.45, 2.75) is 12.8 Å². The molecule has 130 valence electrons. The van der Waals surface area contributed by atoms with Gasteiger partial charge in [-0.3, -0.25) is 9.78 Å². The molecule has 3 aromatic rings. The maximum absolute atomic E-state index is 12.1. The lowest BCUT2D eigenvalue weighted by Gasteiger charge is -2.06. The van der Waals surface area contributed by atoms with E-state index in [1.807, 2.05) is 12.1 Å². The SMILES string of the molecule is O=C(NCC(F)(F)F)c1cc(COc2cccc3cccnc23)on1. The number of hydrogen-bond acceptors (Lipinski definition) is 5. The van der Waals surface area contributed by atoms with Gasteiger partial charge in [-0.25, -0.2) is 0 Å². The van der Waals surface area contributed by atoms with Crippen LogP contribution in [0.3, 0.4) is 0 Å². The van der Waals surface area contributed by atoms with Crippen LogP contribution >= 0.6 is 0 Å². The molecule has 0 fully saturated rings. The summed E-state index contributed by atoms with van der Waals surface area (Å²) in [7, 11) is 0. The van der Waals surface area contributed by atoms with E-state index in [0.29, 0.717) is 11.3 Å². The summed E-state index contributed by atoms with van der Waals surface area (Å²) in [5, 5.41) is 6.05. The Morgan fingerprint density at radius 1 is 1.24 bits per heavy atom. The minimum atomic E-state index is -4.49. The zero-order chi connectivity index (χ0) is 17.9. The molecule has 0 aliphatic carbocycles. The van der Waals surface area contributed by atoms with Crippen LogP contribution in [-0.2, 0) is 6.61 Å². The molecule has 2 heterocycles. The summed E-state index contributed by atoms with van der Waals surface area (Å²) in [6.45, 7) is -1.48. The number of aromatic nitrogens is 2. The van der Waals surface area contributed by atoms with E-state index in [1.165, 1.54) is 6.07 Å². The van der Waals surface area contributed by atoms with Gasteiger partial charge in [0.05, 0.1) is 0 Å². The van der Waals surface area contributed by atoms with Gasteiger partial charge in [0.1, 0.15) is 24.4 Å². The predicted octanol–water partition coefficient (Wildman–Crippen LogP) is 3.09. The van der Waals surface area contributed by atoms with Crippen LogP contribution in [0.4, 0.5) is 13.2 Å². The molecule has 1 N–H and O–H groups in total. The van der Waals surface area contributed by atoms with E-state index in [9.17, 15) is 18.0 Å². The zero-order valence-corrected chi connectivity index (χ0v) is 12.7. The molecule has 0 saturated heterocycles. The molecule has 0 bridgehead atoms. The minimum Gasteiger partial charge on any atom is -0.483 e. The first-order chi connectivity index (χ1) is 11.9. The van der Waals surface area contributed by atoms with E-state index in [4.69, 9.17) is 9.26 Å². The Hall–Kier alpha value is -3.10. The molecule has 0 atom stereocenters. The van der Waals surface area contributed by atoms with Crippen molar-refractivity contribution in [1.82, 2.24) is 15.5 Å². The largest absolute Gasteiger partial charge is 0.483 e. The number of halogens is 3. The quantitative estimate of drug-likeness (QED) is 0.764. The van der Waals surface area contributed by atoms with Crippen molar-refractivity contribution in [3.63, 3.8) is 0 Å². The first kappa shape index (κ1) is 16.7. The van der Waals surface area contributed by atoms with Crippen LogP contribution in [0.5, 0.6) is 5.75 Å². The fourth-order valence-electron chi connectivity index (χ4n) is 2.10. The van der Waals surface area contributed by atoms with E-state index in [2.05, 4.69) is 10.1 Å². The number of nitrogens with zero attached hydrogens (tertiary/aromatic N) is 2. The Bertz CT molecular complexity index is 887. The van der Waals surface area contributed by atoms with Crippen molar-refractivity contribution in [3.05, 3.63) is 54.0 Å². The summed E-state index contributed by atoms with van der Waals surface area (Å²) in [5.41, 5.74) is 0.409. The number of amides is 1. The van der Waals surface area contributed by atoms with Crippen LogP contribution in [0, 0.1) is 0 Å². The van der Waals surface area contributed by atoms with Crippen molar-refractivity contribution in [2.24, 2.45) is 0 Å². The predicted molar refractivity (Wildman–Crippen MR) is 81.0 cm³/mol. The molecule has 0 aliphatic heterocycles. The molecule has 1 amide bonds. The summed E-state index contributed by atoms with van der Waals surface area (Å²) in [5.74, 6) is -0.262. The second kappa shape index (κ2) is 6.80. The Morgan fingerprint density at radius 2 is 2.04 bits per heavy atom. The number of ether oxygens (including phenoxy) is 1. The number of carbonyl (C=O) groups is 1. The van der Waals surface area contributed by atoms with Crippen LogP contribution < -0.4 is 10.1 Å². The molecule has 9 heteroatoms. The summed E-state index contributed by atoms with van der Waals surface area (Å²) in [4.78, 5) is 15.8. The number of carbonyl (C=O) groups excluding carboxylic acids is 1. The number of nitrogens with one attached hydrogen (secondary N) is 1. The molecule has 1 aromatic carbocycles. The van der Waals surface area contributed by atoms with E-state index in [1.54, 1.807) is 29.7 Å². The number of pyridine rings is 1. The Morgan fingerprint density at radius 3 is 2.84 bits per heavy atom. The maximum Gasteiger partial charge on any atom is 0.405 e. The lowest BCUT2D eigenvalue weighted by atomic mass is 10.2. The standard InChI is InChI=1S/C16H12F3N3O3/c17-16(18,19)9-21-15(23)12-7-11(25-22-12)8-24-13-5-1-3-10-4-2-6-20-14(10)13/h1-7H,8-9H2,(H,21,23). The molecule has 3 rings (SSSR count). The van der Waals surface area contributed by atoms with Gasteiger partial charge in [-0.2, -0.15) is 13.2 Å². The number of hydrogen-bond donors (Lipinski definition) is 1. The third-order valence-corrected chi connectivity index (χ3v) is 3.21. The van der Waals surface area contributed by atoms with Crippen LogP contribution in [-0.4, -0.2) is 28.8 Å². The minimum absolute atomic E-state index is 0.0464. The molecular formula is C16H12F3N3O3. The van der Waals surface area contributed by atoms with Crippen molar-refractivity contribution in [3.8, 4) is 5.75 Å². The van der Waals surface area contributed by atoms with E-state index in [-0.39, 0.29) is 18.1 Å². The molecular weight excluding hydrogens is 339 g/mol.